The van der Waals surface area contributed by atoms with Gasteiger partial charge in [-0.15, -0.1) is 0 Å². The zero-order chi connectivity index (χ0) is 17.2. The molecular formula is C20H20As4Zr. The van der Waals surface area contributed by atoms with E-state index in [2.05, 4.69) is 81.7 Å². The van der Waals surface area contributed by atoms with E-state index in [1.54, 1.807) is 0 Å². The zero-order valence-electron chi connectivity index (χ0n) is 13.9. The molecule has 0 radical (unpaired) electrons. The van der Waals surface area contributed by atoms with Gasteiger partial charge < -0.3 is 0 Å². The maximum Gasteiger partial charge on any atom is -0.0238 e. The summed E-state index contributed by atoms with van der Waals surface area (Å²) in [5.41, 5.74) is 2.83. The van der Waals surface area contributed by atoms with Crippen LogP contribution in [0.3, 0.4) is 0 Å². The van der Waals surface area contributed by atoms with E-state index in [1.165, 1.54) is 11.1 Å². The average molecular weight is 651 g/mol. The summed E-state index contributed by atoms with van der Waals surface area (Å²) in [4.78, 5) is 10.1. The first-order valence-corrected chi connectivity index (χ1v) is 19.3. The van der Waals surface area contributed by atoms with Gasteiger partial charge in [-0.2, -0.15) is 0 Å². The minimum Gasteiger partial charge on any atom is -0.0622 e. The molecule has 2 aromatic rings. The second kappa shape index (κ2) is 12.3. The molecule has 0 N–H and O–H groups in total. The first kappa shape index (κ1) is 20.5. The number of rotatable bonds is 5. The maximum absolute atomic E-state index is 2.52. The predicted molar refractivity (Wildman–Crippen MR) is 114 cm³/mol. The minimum atomic E-state index is -0.00611. The standard InChI is InChI=1S/C14H14.2C3H3As2.Zr/c1-3-7-13(8-4-1)11-12-14-9-5-2-6-10-14;2*1-2-5-3-4-1;/h1-10H,11-12H2;2*1-2,4H;. The molecule has 0 fully saturated rings. The van der Waals surface area contributed by atoms with Gasteiger partial charge >= 0.3 is 106 Å². The van der Waals surface area contributed by atoms with Crippen molar-refractivity contribution in [2.45, 2.75) is 12.8 Å². The Morgan fingerprint density at radius 2 is 1.08 bits per heavy atom. The van der Waals surface area contributed by atoms with Crippen LogP contribution >= 0.6 is 0 Å². The van der Waals surface area contributed by atoms with E-state index < -0.39 is 0 Å². The van der Waals surface area contributed by atoms with E-state index in [0.717, 1.165) is 12.8 Å². The second-order valence-electron chi connectivity index (χ2n) is 5.47. The third-order valence-electron chi connectivity index (χ3n) is 3.62. The van der Waals surface area contributed by atoms with Gasteiger partial charge in [-0.3, -0.25) is 0 Å². The van der Waals surface area contributed by atoms with Crippen molar-refractivity contribution < 1.29 is 23.2 Å². The van der Waals surface area contributed by atoms with Gasteiger partial charge in [0.2, 0.25) is 0 Å². The molecular weight excluding hydrogens is 631 g/mol. The molecule has 0 aliphatic carbocycles. The van der Waals surface area contributed by atoms with Crippen molar-refractivity contribution in [2.75, 3.05) is 0 Å². The fraction of sp³-hybridized carbons (Fsp3) is 0.100. The van der Waals surface area contributed by atoms with Gasteiger partial charge in [0, 0.05) is 0 Å². The van der Waals surface area contributed by atoms with Crippen LogP contribution < -0.4 is 0 Å². The maximum atomic E-state index is 2.52. The number of hydrogen-bond donors (Lipinski definition) is 0. The third kappa shape index (κ3) is 8.12. The summed E-state index contributed by atoms with van der Waals surface area (Å²) in [6.07, 6.45) is 2.26. The molecule has 2 unspecified atom stereocenters. The topological polar surface area (TPSA) is 0 Å². The zero-order valence-corrected chi connectivity index (χ0v) is 24.3. The van der Waals surface area contributed by atoms with Crippen molar-refractivity contribution in [3.63, 3.8) is 0 Å². The first-order chi connectivity index (χ1) is 12.4. The van der Waals surface area contributed by atoms with Crippen LogP contribution in [-0.2, 0) is 36.1 Å². The second-order valence-corrected chi connectivity index (χ2v) is 30.9. The van der Waals surface area contributed by atoms with Gasteiger partial charge in [-0.25, -0.2) is 0 Å². The van der Waals surface area contributed by atoms with Crippen LogP contribution in [0.15, 0.2) is 80.1 Å². The molecule has 0 amide bonds. The monoisotopic (exact) mass is 650 g/mol. The molecule has 0 spiro atoms. The van der Waals surface area contributed by atoms with Crippen LogP contribution in [0.2, 0.25) is 0 Å². The SMILES string of the molecule is C1=C[AsH][C]([Zr][C]2=[As]C=C[AsH]2)=[As]1.c1ccc(CCc2ccccc2)cc1. The van der Waals surface area contributed by atoms with Gasteiger partial charge in [0.25, 0.3) is 0 Å². The van der Waals surface area contributed by atoms with Crippen molar-refractivity contribution in [2.24, 2.45) is 0 Å². The van der Waals surface area contributed by atoms with Crippen LogP contribution in [0.25, 0.3) is 0 Å². The molecule has 2 aromatic carbocycles. The van der Waals surface area contributed by atoms with E-state index >= 15 is 0 Å². The largest absolute Gasteiger partial charge is 0.0622 e. The number of aryl methyl sites for hydroxylation is 2. The molecule has 0 aromatic heterocycles. The summed E-state index contributed by atoms with van der Waals surface area (Å²) in [6, 6.07) is 21.2. The predicted octanol–water partition coefficient (Wildman–Crippen LogP) is 1.97. The summed E-state index contributed by atoms with van der Waals surface area (Å²) in [5.74, 6) is 0. The van der Waals surface area contributed by atoms with Gasteiger partial charge in [0.05, 0.1) is 0 Å². The molecule has 4 rings (SSSR count). The molecule has 0 bridgehead atoms. The third-order valence-corrected chi connectivity index (χ3v) is 30.7. The molecule has 25 heavy (non-hydrogen) atoms. The molecule has 0 nitrogen and oxygen atoms in total. The van der Waals surface area contributed by atoms with E-state index in [4.69, 9.17) is 0 Å². The van der Waals surface area contributed by atoms with Gasteiger partial charge in [0.15, 0.2) is 0 Å². The smallest absolute Gasteiger partial charge is 0.0238 e. The molecule has 5 heteroatoms. The summed E-state index contributed by atoms with van der Waals surface area (Å²) in [6.45, 7) is 0. The van der Waals surface area contributed by atoms with Crippen LogP contribution in [0.4, 0.5) is 0 Å². The molecule has 2 aliphatic heterocycles. The van der Waals surface area contributed by atoms with Crippen LogP contribution in [0.5, 0.6) is 0 Å². The molecule has 0 saturated carbocycles. The van der Waals surface area contributed by atoms with E-state index in [0.29, 0.717) is 62.1 Å². The Labute approximate surface area is 188 Å². The normalized spacial score (nSPS) is 17.8. The molecule has 2 aliphatic rings. The molecule has 2 atom stereocenters. The fourth-order valence-electron chi connectivity index (χ4n) is 2.36. The average Bonchev–Trinajstić information content (AvgIpc) is 3.37. The molecule has 0 saturated heterocycles. The summed E-state index contributed by atoms with van der Waals surface area (Å²) >= 11 is 2.03. The van der Waals surface area contributed by atoms with Gasteiger partial charge in [-0.1, -0.05) is 60.7 Å². The van der Waals surface area contributed by atoms with Gasteiger partial charge in [-0.05, 0) is 24.0 Å². The van der Waals surface area contributed by atoms with E-state index in [-0.39, 0.29) is 23.2 Å². The van der Waals surface area contributed by atoms with Crippen molar-refractivity contribution in [3.8, 4) is 0 Å². The summed E-state index contributed by atoms with van der Waals surface area (Å²) in [7, 11) is 0. The number of hydrogen-bond acceptors (Lipinski definition) is 0. The van der Waals surface area contributed by atoms with Crippen LogP contribution in [0, 0.1) is 0 Å². The Balaban J connectivity index is 0.000000150. The Morgan fingerprint density at radius 1 is 0.640 bits per heavy atom. The Hall–Kier alpha value is 0.777. The Bertz CT molecular complexity index is 712. The summed E-state index contributed by atoms with van der Waals surface area (Å²) < 4.78 is 4.31. The Kier molecular flexibility index (Phi) is 10.1. The van der Waals surface area contributed by atoms with Crippen molar-refractivity contribution in [3.05, 3.63) is 91.2 Å². The summed E-state index contributed by atoms with van der Waals surface area (Å²) in [5, 5.41) is 0. The molecule has 2 heterocycles. The quantitative estimate of drug-likeness (QED) is 0.435. The van der Waals surface area contributed by atoms with Gasteiger partial charge in [0.1, 0.15) is 0 Å². The van der Waals surface area contributed by atoms with Crippen LogP contribution in [0.1, 0.15) is 11.1 Å². The fourth-order valence-corrected chi connectivity index (χ4v) is 38.6. The molecule has 124 valence electrons. The Morgan fingerprint density at radius 3 is 1.44 bits per heavy atom. The van der Waals surface area contributed by atoms with Crippen molar-refractivity contribution >= 4 is 63.7 Å². The van der Waals surface area contributed by atoms with E-state index in [1.807, 2.05) is 0 Å². The van der Waals surface area contributed by atoms with E-state index in [9.17, 15) is 0 Å². The number of benzene rings is 2. The van der Waals surface area contributed by atoms with Crippen molar-refractivity contribution in [1.29, 1.82) is 0 Å². The minimum absolute atomic E-state index is 0.00611. The van der Waals surface area contributed by atoms with Crippen molar-refractivity contribution in [1.82, 2.24) is 0 Å². The first-order valence-electron chi connectivity index (χ1n) is 8.24. The van der Waals surface area contributed by atoms with Crippen LogP contribution in [-0.4, -0.2) is 63.7 Å².